The van der Waals surface area contributed by atoms with E-state index < -0.39 is 17.2 Å². The predicted molar refractivity (Wildman–Crippen MR) is 136 cm³/mol. The molecule has 2 heterocycles. The van der Waals surface area contributed by atoms with Gasteiger partial charge in [-0.05, 0) is 34.4 Å². The van der Waals surface area contributed by atoms with Crippen molar-refractivity contribution in [3.63, 3.8) is 0 Å². The van der Waals surface area contributed by atoms with E-state index in [9.17, 15) is 13.9 Å². The van der Waals surface area contributed by atoms with E-state index in [0.29, 0.717) is 0 Å². The Morgan fingerprint density at radius 3 is 2.31 bits per heavy atom. The van der Waals surface area contributed by atoms with Crippen molar-refractivity contribution in [2.75, 3.05) is 0 Å². The second-order valence-electron chi connectivity index (χ2n) is 8.69. The van der Waals surface area contributed by atoms with Gasteiger partial charge in [0.1, 0.15) is 29.9 Å². The van der Waals surface area contributed by atoms with Crippen molar-refractivity contribution in [3.8, 4) is 11.1 Å². The zero-order valence-electron chi connectivity index (χ0n) is 19.4. The van der Waals surface area contributed by atoms with Crippen LogP contribution in [0.4, 0.5) is 8.78 Å². The van der Waals surface area contributed by atoms with E-state index in [0.717, 1.165) is 28.8 Å². The number of aliphatic hydroxyl groups is 1. The zero-order valence-corrected chi connectivity index (χ0v) is 19.4. The lowest BCUT2D eigenvalue weighted by molar-refractivity contribution is -0.00534. The minimum Gasteiger partial charge on any atom is -0.381 e. The normalized spacial score (nSPS) is 13.2. The average molecular weight is 483 g/mol. The molecule has 1 atom stereocenters. The van der Waals surface area contributed by atoms with Gasteiger partial charge in [0.15, 0.2) is 0 Å². The fourth-order valence-corrected chi connectivity index (χ4v) is 4.24. The molecule has 0 saturated carbocycles. The monoisotopic (exact) mass is 482 g/mol. The topological polar surface area (TPSA) is 55.9 Å². The Labute approximate surface area is 207 Å². The molecule has 5 rings (SSSR count). The largest absolute Gasteiger partial charge is 0.381 e. The highest BCUT2D eigenvalue weighted by Crippen LogP contribution is 2.29. The fourth-order valence-electron chi connectivity index (χ4n) is 4.24. The zero-order chi connectivity index (χ0) is 25.0. The molecule has 0 aliphatic rings. The summed E-state index contributed by atoms with van der Waals surface area (Å²) in [6, 6.07) is 23.6. The van der Waals surface area contributed by atoms with Gasteiger partial charge in [-0.1, -0.05) is 72.8 Å². The average Bonchev–Trinajstić information content (AvgIpc) is 3.55. The third-order valence-electron chi connectivity index (χ3n) is 6.03. The van der Waals surface area contributed by atoms with Crippen LogP contribution < -0.4 is 0 Å². The van der Waals surface area contributed by atoms with Gasteiger partial charge >= 0.3 is 0 Å². The number of halogens is 2. The van der Waals surface area contributed by atoms with E-state index >= 15 is 0 Å². The van der Waals surface area contributed by atoms with Crippen molar-refractivity contribution in [1.82, 2.24) is 19.3 Å². The molecule has 0 saturated heterocycles. The van der Waals surface area contributed by atoms with Gasteiger partial charge in [-0.25, -0.2) is 18.4 Å². The van der Waals surface area contributed by atoms with E-state index in [1.807, 2.05) is 48.8 Å². The van der Waals surface area contributed by atoms with Gasteiger partial charge in [-0.3, -0.25) is 0 Å². The minimum absolute atomic E-state index is 0.0105. The minimum atomic E-state index is -1.68. The Hall–Kier alpha value is -4.36. The van der Waals surface area contributed by atoms with Crippen LogP contribution in [-0.2, 0) is 18.7 Å². The maximum absolute atomic E-state index is 14.7. The summed E-state index contributed by atoms with van der Waals surface area (Å²) < 4.78 is 31.4. The molecule has 180 valence electrons. The Morgan fingerprint density at radius 2 is 1.58 bits per heavy atom. The molecule has 36 heavy (non-hydrogen) atoms. The van der Waals surface area contributed by atoms with Gasteiger partial charge in [0.25, 0.3) is 0 Å². The van der Waals surface area contributed by atoms with Gasteiger partial charge in [-0.2, -0.15) is 5.10 Å². The molecule has 3 aromatic carbocycles. The Bertz CT molecular complexity index is 1460. The summed E-state index contributed by atoms with van der Waals surface area (Å²) in [5, 5.41) is 15.6. The van der Waals surface area contributed by atoms with E-state index in [1.165, 1.54) is 29.0 Å². The summed E-state index contributed by atoms with van der Waals surface area (Å²) in [6.07, 6.45) is 10.4. The Morgan fingerprint density at radius 1 is 0.833 bits per heavy atom. The number of aromatic nitrogens is 4. The second kappa shape index (κ2) is 10.1. The van der Waals surface area contributed by atoms with Crippen molar-refractivity contribution >= 4 is 12.2 Å². The van der Waals surface area contributed by atoms with Crippen molar-refractivity contribution in [1.29, 1.82) is 0 Å². The molecule has 7 heteroatoms. The van der Waals surface area contributed by atoms with E-state index in [2.05, 4.69) is 46.5 Å². The molecule has 0 spiro atoms. The molecule has 0 fully saturated rings. The smallest absolute Gasteiger partial charge is 0.137 e. The highest BCUT2D eigenvalue weighted by molar-refractivity contribution is 5.72. The molecule has 2 aromatic heterocycles. The molecule has 0 bridgehead atoms. The predicted octanol–water partition coefficient (Wildman–Crippen LogP) is 5.78. The highest BCUT2D eigenvalue weighted by atomic mass is 19.1. The molecular formula is C29H24F2N4O. The molecule has 1 N–H and O–H groups in total. The van der Waals surface area contributed by atoms with Crippen molar-refractivity contribution in [3.05, 3.63) is 132 Å². The van der Waals surface area contributed by atoms with Crippen LogP contribution in [0.2, 0.25) is 0 Å². The maximum atomic E-state index is 14.7. The number of nitrogens with zero attached hydrogens (tertiary/aromatic N) is 4. The van der Waals surface area contributed by atoms with Crippen molar-refractivity contribution in [2.45, 2.75) is 18.7 Å². The van der Waals surface area contributed by atoms with Gasteiger partial charge in [0.2, 0.25) is 0 Å². The first-order valence-corrected chi connectivity index (χ1v) is 11.5. The first-order chi connectivity index (χ1) is 17.5. The summed E-state index contributed by atoms with van der Waals surface area (Å²) in [7, 11) is 0. The van der Waals surface area contributed by atoms with Crippen LogP contribution in [0.1, 0.15) is 16.7 Å². The summed E-state index contributed by atoms with van der Waals surface area (Å²) in [5.74, 6) is -1.52. The summed E-state index contributed by atoms with van der Waals surface area (Å²) in [4.78, 5) is 3.89. The molecule has 0 radical (unpaired) electrons. The number of rotatable bonds is 8. The van der Waals surface area contributed by atoms with Gasteiger partial charge < -0.3 is 9.67 Å². The standard InChI is InChI=1S/C29H24F2N4O/c30-26-12-13-27(28(31)16-26)29(36,19-35-21-32-20-33-35)18-34-15-14-23(17-34)7-6-22-8-10-25(11-9-22)24-4-2-1-3-5-24/h1-17,20-21,36H,18-19H2. The molecule has 0 aliphatic carbocycles. The van der Waals surface area contributed by atoms with Crippen LogP contribution in [0.5, 0.6) is 0 Å². The van der Waals surface area contributed by atoms with Crippen LogP contribution in [0.15, 0.2) is 104 Å². The SMILES string of the molecule is OC(Cn1ccc(C=Cc2ccc(-c3ccccc3)cc2)c1)(Cn1cncn1)c1ccc(F)cc1F. The number of hydrogen-bond acceptors (Lipinski definition) is 3. The van der Waals surface area contributed by atoms with Crippen LogP contribution in [-0.4, -0.2) is 24.4 Å². The van der Waals surface area contributed by atoms with Gasteiger partial charge in [0.05, 0.1) is 13.1 Å². The third kappa shape index (κ3) is 5.31. The lowest BCUT2D eigenvalue weighted by Crippen LogP contribution is -2.37. The first-order valence-electron chi connectivity index (χ1n) is 11.5. The van der Waals surface area contributed by atoms with Crippen LogP contribution in [0, 0.1) is 11.6 Å². The molecule has 5 aromatic rings. The molecule has 0 aliphatic heterocycles. The quantitative estimate of drug-likeness (QED) is 0.305. The summed E-state index contributed by atoms with van der Waals surface area (Å²) in [6.45, 7) is -0.0122. The van der Waals surface area contributed by atoms with Crippen LogP contribution >= 0.6 is 0 Å². The first kappa shape index (κ1) is 23.4. The number of hydrogen-bond donors (Lipinski definition) is 1. The second-order valence-corrected chi connectivity index (χ2v) is 8.69. The Kier molecular flexibility index (Phi) is 6.56. The van der Waals surface area contributed by atoms with Gasteiger partial charge in [-0.15, -0.1) is 0 Å². The summed E-state index contributed by atoms with van der Waals surface area (Å²) >= 11 is 0. The van der Waals surface area contributed by atoms with E-state index in [1.54, 1.807) is 4.57 Å². The van der Waals surface area contributed by atoms with Crippen LogP contribution in [0.25, 0.3) is 23.3 Å². The third-order valence-corrected chi connectivity index (χ3v) is 6.03. The lowest BCUT2D eigenvalue weighted by Gasteiger charge is -2.29. The molecule has 5 nitrogen and oxygen atoms in total. The van der Waals surface area contributed by atoms with E-state index in [-0.39, 0.29) is 18.7 Å². The molecule has 1 unspecified atom stereocenters. The highest BCUT2D eigenvalue weighted by Gasteiger charge is 2.34. The Balaban J connectivity index is 1.34. The summed E-state index contributed by atoms with van der Waals surface area (Å²) in [5.41, 5.74) is 2.60. The number of benzene rings is 3. The molecular weight excluding hydrogens is 458 g/mol. The fraction of sp³-hybridized carbons (Fsp3) is 0.103. The molecule has 0 amide bonds. The van der Waals surface area contributed by atoms with Crippen LogP contribution in [0.3, 0.4) is 0 Å². The van der Waals surface area contributed by atoms with E-state index in [4.69, 9.17) is 0 Å². The lowest BCUT2D eigenvalue weighted by atomic mass is 9.92. The van der Waals surface area contributed by atoms with Gasteiger partial charge in [0, 0.05) is 24.0 Å². The maximum Gasteiger partial charge on any atom is 0.137 e. The van der Waals surface area contributed by atoms with Crippen molar-refractivity contribution < 1.29 is 13.9 Å². The van der Waals surface area contributed by atoms with Crippen molar-refractivity contribution in [2.24, 2.45) is 0 Å².